The molecule has 19 heteroatoms. The van der Waals surface area contributed by atoms with Gasteiger partial charge in [-0.2, -0.15) is 0 Å². The zero-order valence-electron chi connectivity index (χ0n) is 62.1. The van der Waals surface area contributed by atoms with E-state index in [1.54, 1.807) is 0 Å². The summed E-state index contributed by atoms with van der Waals surface area (Å²) < 4.78 is 68.5. The van der Waals surface area contributed by atoms with Gasteiger partial charge in [0.25, 0.3) is 0 Å². The van der Waals surface area contributed by atoms with Gasteiger partial charge in [0.1, 0.15) is 19.3 Å². The molecule has 0 heterocycles. The van der Waals surface area contributed by atoms with Crippen molar-refractivity contribution in [3.8, 4) is 0 Å². The Bertz CT molecular complexity index is 1860. The molecular formula is C76H148O17P2. The van der Waals surface area contributed by atoms with Crippen molar-refractivity contribution in [3.63, 3.8) is 0 Å². The van der Waals surface area contributed by atoms with E-state index in [2.05, 4.69) is 48.5 Å². The lowest BCUT2D eigenvalue weighted by atomic mass is 9.99. The number of aliphatic hydroxyl groups is 1. The maximum Gasteiger partial charge on any atom is 0.472 e. The highest BCUT2D eigenvalue weighted by molar-refractivity contribution is 7.47. The maximum absolute atomic E-state index is 13.1. The molecule has 0 aliphatic heterocycles. The summed E-state index contributed by atoms with van der Waals surface area (Å²) in [6, 6.07) is 0. The van der Waals surface area contributed by atoms with Crippen LogP contribution in [0.2, 0.25) is 0 Å². The molecule has 95 heavy (non-hydrogen) atoms. The number of carbonyl (C=O) groups excluding carboxylic acids is 4. The van der Waals surface area contributed by atoms with Crippen molar-refractivity contribution >= 4 is 39.5 Å². The summed E-state index contributed by atoms with van der Waals surface area (Å²) in [5, 5.41) is 10.6. The van der Waals surface area contributed by atoms with Crippen LogP contribution in [0.4, 0.5) is 0 Å². The lowest BCUT2D eigenvalue weighted by Crippen LogP contribution is -2.30. The van der Waals surface area contributed by atoms with Crippen molar-refractivity contribution in [2.24, 2.45) is 17.8 Å². The minimum Gasteiger partial charge on any atom is -0.462 e. The van der Waals surface area contributed by atoms with Crippen LogP contribution in [-0.4, -0.2) is 96.7 Å². The van der Waals surface area contributed by atoms with E-state index >= 15 is 0 Å². The number of carbonyl (C=O) groups is 4. The van der Waals surface area contributed by atoms with E-state index in [4.69, 9.17) is 37.0 Å². The topological polar surface area (TPSA) is 237 Å². The normalized spacial score (nSPS) is 14.6. The zero-order valence-corrected chi connectivity index (χ0v) is 63.9. The van der Waals surface area contributed by atoms with Crippen LogP contribution in [-0.2, 0) is 65.4 Å². The highest BCUT2D eigenvalue weighted by atomic mass is 31.2. The third kappa shape index (κ3) is 67.6. The molecular weight excluding hydrogens is 1250 g/mol. The third-order valence-electron chi connectivity index (χ3n) is 18.4. The molecule has 7 atom stereocenters. The van der Waals surface area contributed by atoms with Gasteiger partial charge in [0.05, 0.1) is 26.4 Å². The molecule has 0 aromatic rings. The summed E-state index contributed by atoms with van der Waals surface area (Å²) >= 11 is 0. The van der Waals surface area contributed by atoms with Gasteiger partial charge in [-0.15, -0.1) is 0 Å². The van der Waals surface area contributed by atoms with Crippen LogP contribution in [0, 0.1) is 17.8 Å². The van der Waals surface area contributed by atoms with Gasteiger partial charge in [-0.25, -0.2) is 9.13 Å². The quantitative estimate of drug-likeness (QED) is 0.0222. The van der Waals surface area contributed by atoms with Crippen molar-refractivity contribution in [2.75, 3.05) is 39.6 Å². The first-order valence-electron chi connectivity index (χ1n) is 39.4. The number of phosphoric ester groups is 2. The molecule has 0 bridgehead atoms. The maximum atomic E-state index is 13.1. The molecule has 0 saturated carbocycles. The van der Waals surface area contributed by atoms with Gasteiger partial charge in [0, 0.05) is 25.7 Å². The molecule has 3 N–H and O–H groups in total. The van der Waals surface area contributed by atoms with Gasteiger partial charge in [-0.1, -0.05) is 337 Å². The first kappa shape index (κ1) is 93.1. The summed E-state index contributed by atoms with van der Waals surface area (Å²) in [7, 11) is -9.91. The van der Waals surface area contributed by atoms with Crippen molar-refractivity contribution < 1.29 is 80.2 Å². The van der Waals surface area contributed by atoms with Crippen molar-refractivity contribution in [2.45, 2.75) is 407 Å². The Labute approximate surface area is 581 Å². The standard InChI is InChI=1S/C76H148O17P2/c1-8-11-12-13-14-15-16-17-18-19-20-21-22-30-37-45-52-59-75(80)92-71(63-86-73(78)57-50-43-36-29-25-23-27-34-41-48-55-68(6)9-2)65-90-94(82,83)88-61-70(77)62-89-95(84,85)91-66-72(64-87-74(79)58-51-44-39-32-33-40-47-54-67(4)5)93-76(81)60-53-46-38-31-26-24-28-35-42-49-56-69(7)10-3/h67-72,77H,8-66H2,1-7H3,(H,82,83)(H,84,85)/t68?,69?,70-,71-,72-/m1/s1. The van der Waals surface area contributed by atoms with Crippen LogP contribution in [0.3, 0.4) is 0 Å². The molecule has 0 fully saturated rings. The Hall–Kier alpha value is -1.94. The second kappa shape index (κ2) is 66.6. The minimum atomic E-state index is -4.96. The molecule has 0 aromatic carbocycles. The van der Waals surface area contributed by atoms with E-state index in [0.29, 0.717) is 31.6 Å². The van der Waals surface area contributed by atoms with Crippen LogP contribution in [0.15, 0.2) is 0 Å². The van der Waals surface area contributed by atoms with Gasteiger partial charge in [0.2, 0.25) is 0 Å². The molecule has 0 aliphatic carbocycles. The SMILES string of the molecule is CCCCCCCCCCCCCCCCCCCC(=O)O[C@H](COC(=O)CCCCCCCCCCCCC(C)CC)COP(=O)(O)OC[C@@H](O)COP(=O)(O)OC[C@@H](COC(=O)CCCCCCCCCC(C)C)OC(=O)CCCCCCCCCCCCC(C)CC. The van der Waals surface area contributed by atoms with Crippen molar-refractivity contribution in [1.82, 2.24) is 0 Å². The van der Waals surface area contributed by atoms with Crippen molar-refractivity contribution in [1.29, 1.82) is 0 Å². The molecule has 17 nitrogen and oxygen atoms in total. The van der Waals surface area contributed by atoms with E-state index in [-0.39, 0.29) is 25.7 Å². The summed E-state index contributed by atoms with van der Waals surface area (Å²) in [5.41, 5.74) is 0. The van der Waals surface area contributed by atoms with E-state index in [9.17, 15) is 43.2 Å². The lowest BCUT2D eigenvalue weighted by molar-refractivity contribution is -0.161. The molecule has 0 aliphatic rings. The first-order chi connectivity index (χ1) is 45.8. The second-order valence-corrected chi connectivity index (χ2v) is 31.3. The number of hydrogen-bond donors (Lipinski definition) is 3. The lowest BCUT2D eigenvalue weighted by Gasteiger charge is -2.21. The Morgan fingerprint density at radius 3 is 0.800 bits per heavy atom. The van der Waals surface area contributed by atoms with E-state index in [0.717, 1.165) is 108 Å². The number of hydrogen-bond acceptors (Lipinski definition) is 15. The average Bonchev–Trinajstić information content (AvgIpc) is 1.55. The molecule has 0 amide bonds. The molecule has 0 spiro atoms. The fourth-order valence-electron chi connectivity index (χ4n) is 11.5. The van der Waals surface area contributed by atoms with Crippen LogP contribution >= 0.6 is 15.6 Å². The summed E-state index contributed by atoms with van der Waals surface area (Å²) in [6.07, 6.45) is 52.6. The third-order valence-corrected chi connectivity index (χ3v) is 20.3. The predicted octanol–water partition coefficient (Wildman–Crippen LogP) is 22.2. The van der Waals surface area contributed by atoms with Crippen LogP contribution < -0.4 is 0 Å². The predicted molar refractivity (Wildman–Crippen MR) is 386 cm³/mol. The van der Waals surface area contributed by atoms with E-state index in [1.807, 2.05) is 0 Å². The minimum absolute atomic E-state index is 0.105. The fourth-order valence-corrected chi connectivity index (χ4v) is 13.1. The van der Waals surface area contributed by atoms with Crippen LogP contribution in [0.5, 0.6) is 0 Å². The zero-order chi connectivity index (χ0) is 70.1. The molecule has 4 unspecified atom stereocenters. The highest BCUT2D eigenvalue weighted by Gasteiger charge is 2.30. The molecule has 564 valence electrons. The second-order valence-electron chi connectivity index (χ2n) is 28.4. The number of ether oxygens (including phenoxy) is 4. The number of esters is 4. The highest BCUT2D eigenvalue weighted by Crippen LogP contribution is 2.45. The molecule has 0 radical (unpaired) electrons. The number of phosphoric acid groups is 2. The van der Waals surface area contributed by atoms with Gasteiger partial charge < -0.3 is 33.8 Å². The molecule has 0 rings (SSSR count). The monoisotopic (exact) mass is 1400 g/mol. The fraction of sp³-hybridized carbons (Fsp3) is 0.947. The van der Waals surface area contributed by atoms with Crippen LogP contribution in [0.25, 0.3) is 0 Å². The smallest absolute Gasteiger partial charge is 0.462 e. The average molecular weight is 1400 g/mol. The van der Waals surface area contributed by atoms with Crippen LogP contribution in [0.1, 0.15) is 389 Å². The summed E-state index contributed by atoms with van der Waals surface area (Å²) in [4.78, 5) is 72.8. The largest absolute Gasteiger partial charge is 0.472 e. The van der Waals surface area contributed by atoms with Gasteiger partial charge in [0.15, 0.2) is 12.2 Å². The molecule has 0 saturated heterocycles. The number of aliphatic hydroxyl groups excluding tert-OH is 1. The van der Waals surface area contributed by atoms with Gasteiger partial charge in [-0.3, -0.25) is 37.3 Å². The molecule has 0 aromatic heterocycles. The van der Waals surface area contributed by atoms with E-state index < -0.39 is 97.5 Å². The Morgan fingerprint density at radius 1 is 0.305 bits per heavy atom. The van der Waals surface area contributed by atoms with E-state index in [1.165, 1.54) is 193 Å². The Morgan fingerprint density at radius 2 is 0.537 bits per heavy atom. The Kier molecular flexibility index (Phi) is 65.2. The number of rotatable bonds is 74. The van der Waals surface area contributed by atoms with Gasteiger partial charge in [-0.05, 0) is 43.4 Å². The van der Waals surface area contributed by atoms with Gasteiger partial charge >= 0.3 is 39.5 Å². The van der Waals surface area contributed by atoms with Crippen molar-refractivity contribution in [3.05, 3.63) is 0 Å². The summed E-state index contributed by atoms with van der Waals surface area (Å²) in [6.45, 7) is 11.9. The first-order valence-corrected chi connectivity index (χ1v) is 42.4. The summed E-state index contributed by atoms with van der Waals surface area (Å²) in [5.74, 6) is 0.199. The Balaban J connectivity index is 5.26. The number of unbranched alkanes of at least 4 members (excludes halogenated alkanes) is 40.